The number of ether oxygens (including phenoxy) is 1. The number of fused-ring (bicyclic) bond motifs is 3. The van der Waals surface area contributed by atoms with E-state index in [-0.39, 0.29) is 35.4 Å². The molecule has 0 spiro atoms. The van der Waals surface area contributed by atoms with Crippen LogP contribution in [0.15, 0.2) is 65.6 Å². The number of piperidine rings is 1. The van der Waals surface area contributed by atoms with Crippen LogP contribution in [0, 0.1) is 0 Å². The van der Waals surface area contributed by atoms with Gasteiger partial charge in [-0.2, -0.15) is 22.0 Å². The molecular formula is C31H31ClF5N3O6S. The van der Waals surface area contributed by atoms with Crippen LogP contribution < -0.4 is 10.5 Å². The molecule has 0 aliphatic carbocycles. The molecule has 2 bridgehead atoms. The minimum atomic E-state index is -5.82. The molecule has 16 heteroatoms. The zero-order valence-corrected chi connectivity index (χ0v) is 26.7. The number of rotatable bonds is 9. The van der Waals surface area contributed by atoms with E-state index in [1.807, 2.05) is 0 Å². The summed E-state index contributed by atoms with van der Waals surface area (Å²) >= 11 is 5.86. The van der Waals surface area contributed by atoms with Crippen LogP contribution in [0.4, 0.5) is 22.0 Å². The van der Waals surface area contributed by atoms with Crippen molar-refractivity contribution in [1.82, 2.24) is 9.37 Å². The van der Waals surface area contributed by atoms with Crippen LogP contribution in [0.25, 0.3) is 10.8 Å². The molecule has 2 aliphatic rings. The van der Waals surface area contributed by atoms with E-state index >= 15 is 8.78 Å². The highest BCUT2D eigenvalue weighted by Crippen LogP contribution is 2.43. The number of nitrogens with two attached hydrogens (primary N) is 1. The number of sulfonamides is 1. The van der Waals surface area contributed by atoms with Crippen LogP contribution in [0.1, 0.15) is 45.1 Å². The van der Waals surface area contributed by atoms with Crippen LogP contribution in [0.3, 0.4) is 0 Å². The van der Waals surface area contributed by atoms with Gasteiger partial charge in [-0.15, -0.1) is 0 Å². The molecule has 3 aromatic carbocycles. The van der Waals surface area contributed by atoms with Gasteiger partial charge in [0, 0.05) is 28.7 Å². The van der Waals surface area contributed by atoms with E-state index in [1.54, 1.807) is 19.9 Å². The number of hydrogen-bond donors (Lipinski definition) is 1. The SMILES string of the molecule is CC(C)Oc1ccc2cc(S(=O)(=O)N(OC(=O)C(F)(F)F)[C@@H](C(=O)N3C4CCC3CC(N)C4)C(F)(F)c3ccc(Cl)cc3)ccc2c1. The number of benzene rings is 3. The first-order valence-corrected chi connectivity index (χ1v) is 16.5. The number of hydrogen-bond acceptors (Lipinski definition) is 7. The van der Waals surface area contributed by atoms with Gasteiger partial charge in [0.25, 0.3) is 15.9 Å². The third-order valence-electron chi connectivity index (χ3n) is 8.14. The molecule has 0 aromatic heterocycles. The first-order chi connectivity index (χ1) is 21.9. The van der Waals surface area contributed by atoms with Gasteiger partial charge < -0.3 is 20.2 Å². The first-order valence-electron chi connectivity index (χ1n) is 14.6. The fourth-order valence-corrected chi connectivity index (χ4v) is 7.63. The van der Waals surface area contributed by atoms with Crippen molar-refractivity contribution in [3.63, 3.8) is 0 Å². The van der Waals surface area contributed by atoms with Crippen molar-refractivity contribution in [2.24, 2.45) is 5.73 Å². The molecule has 0 saturated carbocycles. The molecule has 2 fully saturated rings. The fraction of sp³-hybridized carbons (Fsp3) is 0.419. The summed E-state index contributed by atoms with van der Waals surface area (Å²) in [4.78, 5) is 31.0. The zero-order valence-electron chi connectivity index (χ0n) is 25.1. The molecular weight excluding hydrogens is 673 g/mol. The molecule has 3 aromatic rings. The van der Waals surface area contributed by atoms with E-state index in [2.05, 4.69) is 4.84 Å². The lowest BCUT2D eigenvalue weighted by Gasteiger charge is -2.42. The van der Waals surface area contributed by atoms with Crippen LogP contribution in [-0.4, -0.2) is 66.1 Å². The number of alkyl halides is 5. The quantitative estimate of drug-likeness (QED) is 0.217. The van der Waals surface area contributed by atoms with E-state index in [0.717, 1.165) is 41.3 Å². The van der Waals surface area contributed by atoms with Crippen LogP contribution in [0.2, 0.25) is 5.02 Å². The Balaban J connectivity index is 1.68. The second-order valence-corrected chi connectivity index (χ2v) is 14.1. The van der Waals surface area contributed by atoms with Crippen molar-refractivity contribution in [3.05, 3.63) is 71.2 Å². The van der Waals surface area contributed by atoms with Gasteiger partial charge in [-0.05, 0) is 91.2 Å². The van der Waals surface area contributed by atoms with E-state index in [4.69, 9.17) is 22.1 Å². The lowest BCUT2D eigenvalue weighted by Crippen LogP contribution is -2.62. The summed E-state index contributed by atoms with van der Waals surface area (Å²) in [6.07, 6.45) is -4.90. The lowest BCUT2D eigenvalue weighted by atomic mass is 9.94. The van der Waals surface area contributed by atoms with Gasteiger partial charge in [-0.1, -0.05) is 35.9 Å². The molecule has 1 amide bonds. The average molecular weight is 704 g/mol. The first kappa shape index (κ1) is 34.8. The maximum absolute atomic E-state index is 16.6. The van der Waals surface area contributed by atoms with Crippen molar-refractivity contribution in [2.75, 3.05) is 0 Å². The highest BCUT2D eigenvalue weighted by atomic mass is 35.5. The predicted molar refractivity (Wildman–Crippen MR) is 161 cm³/mol. The minimum absolute atomic E-state index is 0.0154. The molecule has 2 aliphatic heterocycles. The predicted octanol–water partition coefficient (Wildman–Crippen LogP) is 5.93. The monoisotopic (exact) mass is 703 g/mol. The maximum Gasteiger partial charge on any atom is 0.492 e. The van der Waals surface area contributed by atoms with Crippen molar-refractivity contribution in [3.8, 4) is 5.75 Å². The summed E-state index contributed by atoms with van der Waals surface area (Å²) in [6, 6.07) is 6.40. The number of carbonyl (C=O) groups is 2. The Bertz CT molecular complexity index is 1760. The molecule has 47 heavy (non-hydrogen) atoms. The van der Waals surface area contributed by atoms with Gasteiger partial charge >= 0.3 is 18.1 Å². The minimum Gasteiger partial charge on any atom is -0.491 e. The van der Waals surface area contributed by atoms with Gasteiger partial charge in [0.05, 0.1) is 11.0 Å². The molecule has 2 N–H and O–H groups in total. The van der Waals surface area contributed by atoms with Gasteiger partial charge in [0.2, 0.25) is 6.04 Å². The Morgan fingerprint density at radius 2 is 1.51 bits per heavy atom. The summed E-state index contributed by atoms with van der Waals surface area (Å²) in [6.45, 7) is 3.58. The summed E-state index contributed by atoms with van der Waals surface area (Å²) in [7, 11) is -5.60. The Kier molecular flexibility index (Phi) is 9.49. The Morgan fingerprint density at radius 1 is 0.936 bits per heavy atom. The van der Waals surface area contributed by atoms with Crippen molar-refractivity contribution in [1.29, 1.82) is 0 Å². The number of amides is 1. The summed E-state index contributed by atoms with van der Waals surface area (Å²) in [5.41, 5.74) is 5.12. The largest absolute Gasteiger partial charge is 0.492 e. The van der Waals surface area contributed by atoms with E-state index in [9.17, 15) is 31.2 Å². The van der Waals surface area contributed by atoms with Gasteiger partial charge in [0.15, 0.2) is 0 Å². The Hall–Kier alpha value is -3.53. The normalized spacial score (nSPS) is 20.9. The fourth-order valence-electron chi connectivity index (χ4n) is 6.11. The van der Waals surface area contributed by atoms with Crippen LogP contribution in [0.5, 0.6) is 5.75 Å². The molecule has 0 radical (unpaired) electrons. The summed E-state index contributed by atoms with van der Waals surface area (Å²) < 4.78 is 107. The summed E-state index contributed by atoms with van der Waals surface area (Å²) in [5.74, 6) is -8.77. The molecule has 3 atom stereocenters. The lowest BCUT2D eigenvalue weighted by molar-refractivity contribution is -0.240. The smallest absolute Gasteiger partial charge is 0.491 e. The number of hydroxylamine groups is 1. The highest BCUT2D eigenvalue weighted by molar-refractivity contribution is 7.89. The van der Waals surface area contributed by atoms with Gasteiger partial charge in [0.1, 0.15) is 5.75 Å². The van der Waals surface area contributed by atoms with E-state index < -0.39 is 67.1 Å². The second kappa shape index (κ2) is 12.8. The molecule has 2 heterocycles. The summed E-state index contributed by atoms with van der Waals surface area (Å²) in [5, 5.41) is 0.697. The second-order valence-electron chi connectivity index (χ2n) is 11.9. The van der Waals surface area contributed by atoms with Crippen molar-refractivity contribution < 1.29 is 49.5 Å². The van der Waals surface area contributed by atoms with Gasteiger partial charge in [-0.3, -0.25) is 4.79 Å². The van der Waals surface area contributed by atoms with Crippen molar-refractivity contribution >= 4 is 44.3 Å². The van der Waals surface area contributed by atoms with Crippen molar-refractivity contribution in [2.45, 2.75) is 86.8 Å². The van der Waals surface area contributed by atoms with E-state index in [0.29, 0.717) is 24.0 Å². The zero-order chi connectivity index (χ0) is 34.5. The standard InChI is InChI=1S/C31H31ClF5N3O6S/c1-17(2)45-25-11-3-19-14-26(12-4-18(19)13-25)47(43,44)40(46-29(42)31(35,36)37)27(30(33,34)20-5-7-21(32)8-6-20)28(41)39-23-9-10-24(39)16-22(38)15-23/h3-8,11-14,17,22-24,27H,9-10,15-16,38H2,1-2H3/t22?,23?,24?,27-/m0/s1. The Morgan fingerprint density at radius 3 is 2.09 bits per heavy atom. The molecule has 5 rings (SSSR count). The molecule has 9 nitrogen and oxygen atoms in total. The number of nitrogens with zero attached hydrogens (tertiary/aromatic N) is 2. The topological polar surface area (TPSA) is 119 Å². The highest BCUT2D eigenvalue weighted by Gasteiger charge is 2.60. The van der Waals surface area contributed by atoms with E-state index in [1.165, 1.54) is 18.2 Å². The number of carbonyl (C=O) groups excluding carboxylic acids is 2. The number of halogens is 6. The molecule has 2 saturated heterocycles. The van der Waals surface area contributed by atoms with Crippen LogP contribution in [-0.2, 0) is 30.4 Å². The molecule has 254 valence electrons. The third-order valence-corrected chi connectivity index (χ3v) is 10.00. The molecule has 2 unspecified atom stereocenters. The third kappa shape index (κ3) is 7.03. The van der Waals surface area contributed by atoms with Gasteiger partial charge in [-0.25, -0.2) is 13.2 Å². The van der Waals surface area contributed by atoms with Crippen LogP contribution >= 0.6 is 11.6 Å². The Labute approximate surface area is 272 Å². The average Bonchev–Trinajstić information content (AvgIpc) is 3.26. The maximum atomic E-state index is 16.6.